The first-order valence-corrected chi connectivity index (χ1v) is 11.0. The minimum Gasteiger partial charge on any atom is -0.369 e. The van der Waals surface area contributed by atoms with Crippen LogP contribution in [0.15, 0.2) is 22.2 Å². The number of nitrogens with two attached hydrogens (primary N) is 1. The quantitative estimate of drug-likeness (QED) is 0.815. The fourth-order valence-corrected chi connectivity index (χ4v) is 4.77. The molecule has 1 saturated carbocycles. The normalized spacial score (nSPS) is 23.0. The van der Waals surface area contributed by atoms with Crippen LogP contribution in [-0.2, 0) is 24.2 Å². The molecule has 1 atom stereocenters. The molecule has 0 aliphatic heterocycles. The number of hydrogen-bond acceptors (Lipinski definition) is 5. The Morgan fingerprint density at radius 3 is 2.87 bits per heavy atom. The fourth-order valence-electron chi connectivity index (χ4n) is 4.77. The lowest BCUT2D eigenvalue weighted by Gasteiger charge is -2.30. The first kappa shape index (κ1) is 19.3. The van der Waals surface area contributed by atoms with E-state index in [1.807, 2.05) is 12.2 Å². The summed E-state index contributed by atoms with van der Waals surface area (Å²) in [4.78, 5) is 16.4. The predicted octanol–water partition coefficient (Wildman–Crippen LogP) is 3.69. The summed E-state index contributed by atoms with van der Waals surface area (Å²) in [6, 6.07) is 0. The Morgan fingerprint density at radius 1 is 1.37 bits per heavy atom. The van der Waals surface area contributed by atoms with E-state index in [0.29, 0.717) is 24.1 Å². The Kier molecular flexibility index (Phi) is 4.45. The third-order valence-corrected chi connectivity index (χ3v) is 6.68. The van der Waals surface area contributed by atoms with Crippen LogP contribution in [0.3, 0.4) is 0 Å². The standard InChI is InChI=1S/C23H29N5O2/c1-4-28-18-12-23(2,3)10-9-16(18)19(26-28)22-25-21(27-30-22)15-8-7-14(20(24)29)11-17(15)13-5-6-13/h8,11,13-14H,4-7,9-10,12H2,1-3H3,(H2,24,29). The van der Waals surface area contributed by atoms with Crippen LogP contribution in [0.1, 0.15) is 63.5 Å². The van der Waals surface area contributed by atoms with Crippen LogP contribution in [0, 0.1) is 17.3 Å². The summed E-state index contributed by atoms with van der Waals surface area (Å²) in [5.41, 5.74) is 11.3. The molecule has 2 aromatic heterocycles. The van der Waals surface area contributed by atoms with Crippen molar-refractivity contribution in [2.24, 2.45) is 23.0 Å². The highest BCUT2D eigenvalue weighted by Gasteiger charge is 2.35. The van der Waals surface area contributed by atoms with E-state index in [9.17, 15) is 4.79 Å². The van der Waals surface area contributed by atoms with Gasteiger partial charge in [0.05, 0.1) is 5.92 Å². The van der Waals surface area contributed by atoms with Crippen molar-refractivity contribution >= 4 is 11.5 Å². The number of aromatic nitrogens is 4. The molecule has 7 heteroatoms. The number of nitrogens with zero attached hydrogens (tertiary/aromatic N) is 4. The van der Waals surface area contributed by atoms with Crippen LogP contribution >= 0.6 is 0 Å². The molecule has 0 aromatic carbocycles. The average molecular weight is 408 g/mol. The summed E-state index contributed by atoms with van der Waals surface area (Å²) in [7, 11) is 0. The molecule has 30 heavy (non-hydrogen) atoms. The molecule has 0 saturated heterocycles. The smallest absolute Gasteiger partial charge is 0.279 e. The molecule has 0 spiro atoms. The summed E-state index contributed by atoms with van der Waals surface area (Å²) in [6.45, 7) is 7.57. The molecule has 2 heterocycles. The second kappa shape index (κ2) is 6.93. The Labute approximate surface area is 176 Å². The molecular weight excluding hydrogens is 378 g/mol. The van der Waals surface area contributed by atoms with Gasteiger partial charge in [-0.05, 0) is 62.4 Å². The summed E-state index contributed by atoms with van der Waals surface area (Å²) in [5, 5.41) is 9.13. The Morgan fingerprint density at radius 2 is 2.17 bits per heavy atom. The molecule has 0 bridgehead atoms. The van der Waals surface area contributed by atoms with E-state index >= 15 is 0 Å². The minimum atomic E-state index is -0.281. The van der Waals surface area contributed by atoms with Crippen LogP contribution in [-0.4, -0.2) is 25.8 Å². The Balaban J connectivity index is 1.49. The summed E-state index contributed by atoms with van der Waals surface area (Å²) >= 11 is 0. The number of carbonyl (C=O) groups is 1. The van der Waals surface area contributed by atoms with Gasteiger partial charge in [-0.1, -0.05) is 31.2 Å². The van der Waals surface area contributed by atoms with Crippen molar-refractivity contribution in [2.45, 2.75) is 65.8 Å². The second-order valence-corrected chi connectivity index (χ2v) is 9.61. The number of carbonyl (C=O) groups excluding carboxylic acids is 1. The molecule has 0 radical (unpaired) electrons. The van der Waals surface area contributed by atoms with Crippen molar-refractivity contribution in [3.05, 3.63) is 34.8 Å². The minimum absolute atomic E-state index is 0.244. The number of amides is 1. The molecule has 2 aromatic rings. The van der Waals surface area contributed by atoms with E-state index in [1.165, 1.54) is 11.3 Å². The monoisotopic (exact) mass is 407 g/mol. The number of primary amides is 1. The molecule has 2 N–H and O–H groups in total. The number of allylic oxidation sites excluding steroid dienone is 3. The van der Waals surface area contributed by atoms with Crippen molar-refractivity contribution in [3.63, 3.8) is 0 Å². The highest BCUT2D eigenvalue weighted by molar-refractivity contribution is 5.85. The van der Waals surface area contributed by atoms with Gasteiger partial charge in [-0.25, -0.2) is 0 Å². The number of aryl methyl sites for hydroxylation is 1. The lowest BCUT2D eigenvalue weighted by Crippen LogP contribution is -2.24. The van der Waals surface area contributed by atoms with Crippen LogP contribution in [0.5, 0.6) is 0 Å². The fraction of sp³-hybridized carbons (Fsp3) is 0.565. The first-order valence-electron chi connectivity index (χ1n) is 11.0. The summed E-state index contributed by atoms with van der Waals surface area (Å²) in [5.74, 6) is 1.01. The van der Waals surface area contributed by atoms with Gasteiger partial charge >= 0.3 is 0 Å². The lowest BCUT2D eigenvalue weighted by molar-refractivity contribution is -0.120. The topological polar surface area (TPSA) is 99.8 Å². The zero-order valence-electron chi connectivity index (χ0n) is 17.9. The molecule has 3 aliphatic carbocycles. The third-order valence-electron chi connectivity index (χ3n) is 6.68. The number of fused-ring (bicyclic) bond motifs is 1. The van der Waals surface area contributed by atoms with E-state index in [1.54, 1.807) is 0 Å². The van der Waals surface area contributed by atoms with Gasteiger partial charge in [-0.15, -0.1) is 0 Å². The highest BCUT2D eigenvalue weighted by atomic mass is 16.5. The Hall–Kier alpha value is -2.70. The first-order chi connectivity index (χ1) is 14.4. The zero-order chi connectivity index (χ0) is 21.0. The van der Waals surface area contributed by atoms with E-state index in [4.69, 9.17) is 20.3 Å². The van der Waals surface area contributed by atoms with Crippen molar-refractivity contribution in [2.75, 3.05) is 0 Å². The van der Waals surface area contributed by atoms with Crippen LogP contribution < -0.4 is 5.73 Å². The lowest BCUT2D eigenvalue weighted by atomic mass is 9.76. The van der Waals surface area contributed by atoms with E-state index in [-0.39, 0.29) is 17.2 Å². The molecule has 5 rings (SSSR count). The van der Waals surface area contributed by atoms with Crippen molar-refractivity contribution in [1.29, 1.82) is 0 Å². The van der Waals surface area contributed by atoms with Gasteiger partial charge < -0.3 is 10.3 Å². The van der Waals surface area contributed by atoms with Gasteiger partial charge in [0.15, 0.2) is 5.69 Å². The van der Waals surface area contributed by atoms with Gasteiger partial charge in [-0.3, -0.25) is 9.48 Å². The molecule has 158 valence electrons. The third kappa shape index (κ3) is 3.30. The number of hydrogen-bond donors (Lipinski definition) is 1. The largest absolute Gasteiger partial charge is 0.369 e. The Bertz CT molecular complexity index is 1070. The zero-order valence-corrected chi connectivity index (χ0v) is 17.9. The van der Waals surface area contributed by atoms with E-state index < -0.39 is 0 Å². The van der Waals surface area contributed by atoms with E-state index in [2.05, 4.69) is 30.6 Å². The van der Waals surface area contributed by atoms with Crippen molar-refractivity contribution in [3.8, 4) is 11.6 Å². The molecule has 7 nitrogen and oxygen atoms in total. The highest BCUT2D eigenvalue weighted by Crippen LogP contribution is 2.46. The van der Waals surface area contributed by atoms with Gasteiger partial charge in [0, 0.05) is 23.4 Å². The maximum atomic E-state index is 11.7. The number of rotatable bonds is 5. The second-order valence-electron chi connectivity index (χ2n) is 9.61. The van der Waals surface area contributed by atoms with Crippen LogP contribution in [0.4, 0.5) is 0 Å². The maximum absolute atomic E-state index is 11.7. The molecular formula is C23H29N5O2. The van der Waals surface area contributed by atoms with Gasteiger partial charge in [0.2, 0.25) is 11.7 Å². The van der Waals surface area contributed by atoms with Gasteiger partial charge in [-0.2, -0.15) is 10.1 Å². The van der Waals surface area contributed by atoms with Crippen LogP contribution in [0.25, 0.3) is 17.2 Å². The van der Waals surface area contributed by atoms with Gasteiger partial charge in [0.1, 0.15) is 0 Å². The SMILES string of the molecule is CCn1nc(-c2nc(C3=CCC(C(N)=O)C=C3C3CC3)no2)c2c1CC(C)(C)CC2. The maximum Gasteiger partial charge on any atom is 0.279 e. The van der Waals surface area contributed by atoms with Crippen molar-refractivity contribution < 1.29 is 9.32 Å². The predicted molar refractivity (Wildman–Crippen MR) is 113 cm³/mol. The molecule has 3 aliphatic rings. The van der Waals surface area contributed by atoms with Gasteiger partial charge in [0.25, 0.3) is 5.89 Å². The molecule has 1 fully saturated rings. The van der Waals surface area contributed by atoms with Crippen molar-refractivity contribution in [1.82, 2.24) is 19.9 Å². The molecule has 1 unspecified atom stereocenters. The average Bonchev–Trinajstić information content (AvgIpc) is 3.34. The van der Waals surface area contributed by atoms with Crippen LogP contribution in [0.2, 0.25) is 0 Å². The molecule has 1 amide bonds. The summed E-state index contributed by atoms with van der Waals surface area (Å²) in [6.07, 6.45) is 10.0. The summed E-state index contributed by atoms with van der Waals surface area (Å²) < 4.78 is 7.79. The van der Waals surface area contributed by atoms with E-state index in [0.717, 1.165) is 55.5 Å².